The van der Waals surface area contributed by atoms with Crippen molar-refractivity contribution < 1.29 is 8.42 Å². The van der Waals surface area contributed by atoms with E-state index in [0.717, 1.165) is 13.1 Å². The minimum atomic E-state index is -3.58. The number of benzene rings is 1. The molecule has 8 nitrogen and oxygen atoms in total. The molecule has 0 amide bonds. The first-order chi connectivity index (χ1) is 15.0. The fourth-order valence-corrected chi connectivity index (χ4v) is 4.50. The van der Waals surface area contributed by atoms with Gasteiger partial charge in [0.25, 0.3) is 0 Å². The van der Waals surface area contributed by atoms with Crippen LogP contribution < -0.4 is 20.3 Å². The molecular weight excluding hydrogens is 412 g/mol. The summed E-state index contributed by atoms with van der Waals surface area (Å²) < 4.78 is 27.1. The highest BCUT2D eigenvalue weighted by atomic mass is 32.2. The Balaban J connectivity index is 1.57. The molecule has 3 rings (SSSR count). The number of rotatable bonds is 9. The van der Waals surface area contributed by atoms with E-state index in [0.29, 0.717) is 19.0 Å². The van der Waals surface area contributed by atoms with Gasteiger partial charge in [0.15, 0.2) is 5.96 Å². The van der Waals surface area contributed by atoms with Crippen LogP contribution in [0.25, 0.3) is 0 Å². The van der Waals surface area contributed by atoms with Crippen molar-refractivity contribution in [2.45, 2.75) is 37.6 Å². The van der Waals surface area contributed by atoms with Crippen LogP contribution in [-0.4, -0.2) is 52.1 Å². The molecule has 1 saturated heterocycles. The van der Waals surface area contributed by atoms with E-state index >= 15 is 0 Å². The van der Waals surface area contributed by atoms with Gasteiger partial charge in [-0.05, 0) is 56.5 Å². The van der Waals surface area contributed by atoms with Gasteiger partial charge in [0.1, 0.15) is 4.90 Å². The summed E-state index contributed by atoms with van der Waals surface area (Å²) in [7, 11) is -3.58. The molecule has 1 fully saturated rings. The molecule has 0 bridgehead atoms. The molecule has 1 aliphatic rings. The van der Waals surface area contributed by atoms with Gasteiger partial charge in [-0.1, -0.05) is 12.1 Å². The zero-order valence-corrected chi connectivity index (χ0v) is 19.0. The highest BCUT2D eigenvalue weighted by Crippen LogP contribution is 2.23. The molecule has 1 aromatic carbocycles. The van der Waals surface area contributed by atoms with Crippen LogP contribution in [0.2, 0.25) is 0 Å². The summed E-state index contributed by atoms with van der Waals surface area (Å²) in [5.74, 6) is 0.655. The lowest BCUT2D eigenvalue weighted by molar-refractivity contribution is 0.581. The van der Waals surface area contributed by atoms with E-state index in [1.54, 1.807) is 12.3 Å². The average Bonchev–Trinajstić information content (AvgIpc) is 3.32. The van der Waals surface area contributed by atoms with Gasteiger partial charge in [-0.2, -0.15) is 0 Å². The number of guanidine groups is 1. The number of hydrogen-bond acceptors (Lipinski definition) is 5. The number of aliphatic imine (C=N–C) groups is 1. The predicted molar refractivity (Wildman–Crippen MR) is 125 cm³/mol. The second-order valence-corrected chi connectivity index (χ2v) is 9.27. The second-order valence-electron chi connectivity index (χ2n) is 7.50. The lowest BCUT2D eigenvalue weighted by Crippen LogP contribution is -2.39. The van der Waals surface area contributed by atoms with E-state index in [9.17, 15) is 8.42 Å². The SMILES string of the molecule is CCNC(=NCCNS(=O)(=O)c1cccnc1)NC(C)c1cccc(N2CCCC2)c1. The van der Waals surface area contributed by atoms with E-state index in [2.05, 4.69) is 61.4 Å². The van der Waals surface area contributed by atoms with Gasteiger partial charge in [0.2, 0.25) is 10.0 Å². The van der Waals surface area contributed by atoms with Crippen molar-refractivity contribution in [3.05, 3.63) is 54.4 Å². The highest BCUT2D eigenvalue weighted by molar-refractivity contribution is 7.89. The van der Waals surface area contributed by atoms with Gasteiger partial charge < -0.3 is 15.5 Å². The lowest BCUT2D eigenvalue weighted by atomic mass is 10.1. The van der Waals surface area contributed by atoms with Crippen LogP contribution in [0.5, 0.6) is 0 Å². The van der Waals surface area contributed by atoms with Crippen LogP contribution in [0.1, 0.15) is 38.3 Å². The van der Waals surface area contributed by atoms with Crippen LogP contribution >= 0.6 is 0 Å². The first kappa shape index (κ1) is 23.0. The molecule has 168 valence electrons. The Labute approximate surface area is 185 Å². The number of nitrogens with zero attached hydrogens (tertiary/aromatic N) is 3. The smallest absolute Gasteiger partial charge is 0.242 e. The maximum atomic E-state index is 12.3. The van der Waals surface area contributed by atoms with E-state index in [1.165, 1.54) is 36.4 Å². The summed E-state index contributed by atoms with van der Waals surface area (Å²) in [5.41, 5.74) is 2.45. The molecule has 1 aromatic heterocycles. The fraction of sp³-hybridized carbons (Fsp3) is 0.455. The van der Waals surface area contributed by atoms with Gasteiger partial charge >= 0.3 is 0 Å². The topological polar surface area (TPSA) is 98.7 Å². The monoisotopic (exact) mass is 444 g/mol. The highest BCUT2D eigenvalue weighted by Gasteiger charge is 2.15. The standard InChI is InChI=1S/C22H32N6O2S/c1-3-24-22(25-12-13-26-31(29,30)21-10-7-11-23-17-21)27-18(2)19-8-6-9-20(16-19)28-14-4-5-15-28/h6-11,16-18,26H,3-5,12-15H2,1-2H3,(H2,24,25,27). The molecule has 0 saturated carbocycles. The maximum Gasteiger partial charge on any atom is 0.242 e. The van der Waals surface area contributed by atoms with Crippen molar-refractivity contribution in [1.82, 2.24) is 20.3 Å². The Hall–Kier alpha value is -2.65. The van der Waals surface area contributed by atoms with Crippen molar-refractivity contribution >= 4 is 21.7 Å². The van der Waals surface area contributed by atoms with Gasteiger partial charge in [0.05, 0.1) is 12.6 Å². The van der Waals surface area contributed by atoms with E-state index in [-0.39, 0.29) is 17.5 Å². The first-order valence-corrected chi connectivity index (χ1v) is 12.3. The third-order valence-corrected chi connectivity index (χ3v) is 6.60. The van der Waals surface area contributed by atoms with Gasteiger partial charge in [-0.3, -0.25) is 9.98 Å². The summed E-state index contributed by atoms with van der Waals surface area (Å²) in [6, 6.07) is 11.8. The van der Waals surface area contributed by atoms with Crippen LogP contribution in [0.3, 0.4) is 0 Å². The van der Waals surface area contributed by atoms with Gasteiger partial charge in [-0.25, -0.2) is 13.1 Å². The summed E-state index contributed by atoms with van der Waals surface area (Å²) in [6.45, 7) is 7.56. The number of aromatic nitrogens is 1. The fourth-order valence-electron chi connectivity index (χ4n) is 3.51. The molecule has 0 spiro atoms. The third kappa shape index (κ3) is 6.67. The Kier molecular flexibility index (Phi) is 8.25. The number of pyridine rings is 1. The molecule has 0 aliphatic carbocycles. The number of anilines is 1. The van der Waals surface area contributed by atoms with Crippen LogP contribution in [0, 0.1) is 0 Å². The maximum absolute atomic E-state index is 12.3. The summed E-state index contributed by atoms with van der Waals surface area (Å²) in [4.78, 5) is 10.9. The number of sulfonamides is 1. The number of nitrogens with one attached hydrogen (secondary N) is 3. The molecule has 1 atom stereocenters. The Morgan fingerprint density at radius 2 is 2.03 bits per heavy atom. The summed E-state index contributed by atoms with van der Waals surface area (Å²) >= 11 is 0. The van der Waals surface area contributed by atoms with E-state index in [1.807, 2.05) is 6.92 Å². The summed E-state index contributed by atoms with van der Waals surface area (Å²) in [5, 5.41) is 6.64. The van der Waals surface area contributed by atoms with Crippen molar-refractivity contribution in [2.24, 2.45) is 4.99 Å². The van der Waals surface area contributed by atoms with Crippen molar-refractivity contribution in [3.8, 4) is 0 Å². The van der Waals surface area contributed by atoms with Gasteiger partial charge in [-0.15, -0.1) is 0 Å². The average molecular weight is 445 g/mol. The molecule has 3 N–H and O–H groups in total. The zero-order chi connectivity index (χ0) is 22.1. The van der Waals surface area contributed by atoms with E-state index in [4.69, 9.17) is 0 Å². The predicted octanol–water partition coefficient (Wildman–Crippen LogP) is 2.28. The van der Waals surface area contributed by atoms with Crippen molar-refractivity contribution in [2.75, 3.05) is 37.6 Å². The Bertz CT molecular complexity index is 959. The normalized spacial score (nSPS) is 15.7. The quantitative estimate of drug-likeness (QED) is 0.312. The minimum Gasteiger partial charge on any atom is -0.372 e. The van der Waals surface area contributed by atoms with Crippen LogP contribution in [0.4, 0.5) is 5.69 Å². The molecule has 2 heterocycles. The second kappa shape index (κ2) is 11.1. The lowest BCUT2D eigenvalue weighted by Gasteiger charge is -2.22. The molecule has 1 aliphatic heterocycles. The summed E-state index contributed by atoms with van der Waals surface area (Å²) in [6.07, 6.45) is 5.37. The molecule has 0 radical (unpaired) electrons. The minimum absolute atomic E-state index is 0.0624. The molecule has 1 unspecified atom stereocenters. The zero-order valence-electron chi connectivity index (χ0n) is 18.2. The third-order valence-electron chi connectivity index (χ3n) is 5.16. The molecular formula is C22H32N6O2S. The Morgan fingerprint density at radius 1 is 1.23 bits per heavy atom. The molecule has 9 heteroatoms. The van der Waals surface area contributed by atoms with Crippen LogP contribution in [-0.2, 0) is 10.0 Å². The molecule has 31 heavy (non-hydrogen) atoms. The van der Waals surface area contributed by atoms with Crippen molar-refractivity contribution in [3.63, 3.8) is 0 Å². The van der Waals surface area contributed by atoms with Crippen molar-refractivity contribution in [1.29, 1.82) is 0 Å². The van der Waals surface area contributed by atoms with Crippen LogP contribution in [0.15, 0.2) is 58.7 Å². The first-order valence-electron chi connectivity index (χ1n) is 10.8. The number of hydrogen-bond donors (Lipinski definition) is 3. The van der Waals surface area contributed by atoms with E-state index < -0.39 is 10.0 Å². The van der Waals surface area contributed by atoms with Gasteiger partial charge in [0, 0.05) is 44.3 Å². The molecule has 2 aromatic rings. The Morgan fingerprint density at radius 3 is 2.74 bits per heavy atom. The largest absolute Gasteiger partial charge is 0.372 e.